The van der Waals surface area contributed by atoms with Crippen LogP contribution in [0.5, 0.6) is 5.75 Å². The summed E-state index contributed by atoms with van der Waals surface area (Å²) in [7, 11) is 1.60. The smallest absolute Gasteiger partial charge is 0.161 e. The van der Waals surface area contributed by atoms with Gasteiger partial charge in [0.25, 0.3) is 0 Å². The summed E-state index contributed by atoms with van der Waals surface area (Å²) in [5.41, 5.74) is 11.2. The van der Waals surface area contributed by atoms with Crippen molar-refractivity contribution in [2.45, 2.75) is 0 Å². The number of anilines is 1. The maximum absolute atomic E-state index is 6.11. The van der Waals surface area contributed by atoms with Gasteiger partial charge in [0, 0.05) is 23.4 Å². The number of aromatic nitrogens is 1. The van der Waals surface area contributed by atoms with Crippen LogP contribution in [0.3, 0.4) is 0 Å². The molecule has 0 unspecified atom stereocenters. The Morgan fingerprint density at radius 3 is 2.54 bits per heavy atom. The van der Waals surface area contributed by atoms with Crippen LogP contribution in [0, 0.1) is 0 Å². The molecule has 4 heteroatoms. The van der Waals surface area contributed by atoms with Crippen LogP contribution in [0.1, 0.15) is 0 Å². The topological polar surface area (TPSA) is 61.3 Å². The van der Waals surface area contributed by atoms with Crippen LogP contribution in [0.25, 0.3) is 33.6 Å². The summed E-state index contributed by atoms with van der Waals surface area (Å²) >= 11 is 0. The average Bonchev–Trinajstić information content (AvgIpc) is 3.06. The predicted molar refractivity (Wildman–Crippen MR) is 95.8 cm³/mol. The number of nitrogens with two attached hydrogens (primary N) is 1. The zero-order chi connectivity index (χ0) is 16.5. The van der Waals surface area contributed by atoms with E-state index in [9.17, 15) is 0 Å². The van der Waals surface area contributed by atoms with E-state index < -0.39 is 0 Å². The quantitative estimate of drug-likeness (QED) is 0.554. The molecule has 0 bridgehead atoms. The molecular weight excluding hydrogens is 300 g/mol. The van der Waals surface area contributed by atoms with Crippen LogP contribution < -0.4 is 10.5 Å². The normalized spacial score (nSPS) is 10.9. The van der Waals surface area contributed by atoms with Crippen molar-refractivity contribution in [1.29, 1.82) is 0 Å². The Labute approximate surface area is 139 Å². The van der Waals surface area contributed by atoms with Gasteiger partial charge in [-0.1, -0.05) is 30.3 Å². The fourth-order valence-electron chi connectivity index (χ4n) is 2.81. The zero-order valence-corrected chi connectivity index (χ0v) is 13.2. The molecule has 0 saturated heterocycles. The maximum atomic E-state index is 6.11. The number of rotatable bonds is 3. The highest BCUT2D eigenvalue weighted by Gasteiger charge is 2.13. The lowest BCUT2D eigenvalue weighted by molar-refractivity contribution is 0.417. The number of fused-ring (bicyclic) bond motifs is 1. The van der Waals surface area contributed by atoms with E-state index in [1.807, 2.05) is 48.5 Å². The first-order valence-electron chi connectivity index (χ1n) is 7.64. The van der Waals surface area contributed by atoms with Crippen molar-refractivity contribution >= 4 is 16.8 Å². The van der Waals surface area contributed by atoms with Gasteiger partial charge in [-0.3, -0.25) is 4.98 Å². The van der Waals surface area contributed by atoms with Crippen molar-refractivity contribution in [2.24, 2.45) is 0 Å². The average molecular weight is 316 g/mol. The van der Waals surface area contributed by atoms with Crippen molar-refractivity contribution in [3.05, 3.63) is 66.9 Å². The van der Waals surface area contributed by atoms with Crippen LogP contribution in [-0.4, -0.2) is 12.1 Å². The highest BCUT2D eigenvalue weighted by molar-refractivity contribution is 5.92. The number of pyridine rings is 1. The molecule has 4 aromatic rings. The third-order valence-corrected chi connectivity index (χ3v) is 4.01. The predicted octanol–water partition coefficient (Wildman–Crippen LogP) is 4.75. The second-order valence-corrected chi connectivity index (χ2v) is 5.51. The lowest BCUT2D eigenvalue weighted by Gasteiger charge is -2.05. The molecule has 0 amide bonds. The molecule has 0 atom stereocenters. The molecular formula is C20H16N2O2. The summed E-state index contributed by atoms with van der Waals surface area (Å²) in [6.07, 6.45) is 1.80. The van der Waals surface area contributed by atoms with E-state index in [2.05, 4.69) is 17.1 Å². The Balaban J connectivity index is 1.86. The van der Waals surface area contributed by atoms with E-state index in [4.69, 9.17) is 14.9 Å². The molecule has 0 saturated carbocycles. The highest BCUT2D eigenvalue weighted by Crippen LogP contribution is 2.35. The van der Waals surface area contributed by atoms with Gasteiger partial charge in [0.1, 0.15) is 17.0 Å². The summed E-state index contributed by atoms with van der Waals surface area (Å²) in [6, 6.07) is 19.6. The summed E-state index contributed by atoms with van der Waals surface area (Å²) < 4.78 is 11.3. The molecule has 2 aromatic heterocycles. The molecule has 4 rings (SSSR count). The Morgan fingerprint density at radius 1 is 0.958 bits per heavy atom. The van der Waals surface area contributed by atoms with Gasteiger partial charge in [-0.15, -0.1) is 0 Å². The Bertz CT molecular complexity index is 1010. The second kappa shape index (κ2) is 5.74. The van der Waals surface area contributed by atoms with Gasteiger partial charge in [0.15, 0.2) is 5.58 Å². The standard InChI is InChI=1S/C20H16N2O2/c1-23-18-8-7-14(11-16(18)21)19-12-17-20(24-19)15(9-10-22-17)13-5-3-2-4-6-13/h2-12H,21H2,1H3. The molecule has 0 aliphatic rings. The van der Waals surface area contributed by atoms with Crippen LogP contribution in [-0.2, 0) is 0 Å². The van der Waals surface area contributed by atoms with E-state index in [-0.39, 0.29) is 0 Å². The molecule has 24 heavy (non-hydrogen) atoms. The number of nitrogen functional groups attached to an aromatic ring is 1. The lowest BCUT2D eigenvalue weighted by Crippen LogP contribution is -1.92. The summed E-state index contributed by atoms with van der Waals surface area (Å²) in [6.45, 7) is 0. The van der Waals surface area contributed by atoms with E-state index in [1.165, 1.54) is 0 Å². The van der Waals surface area contributed by atoms with E-state index >= 15 is 0 Å². The van der Waals surface area contributed by atoms with Crippen molar-refractivity contribution in [1.82, 2.24) is 4.98 Å². The minimum atomic E-state index is 0.576. The Hall–Kier alpha value is -3.27. The number of nitrogens with zero attached hydrogens (tertiary/aromatic N) is 1. The first-order valence-corrected chi connectivity index (χ1v) is 7.64. The van der Waals surface area contributed by atoms with Crippen molar-refractivity contribution in [2.75, 3.05) is 12.8 Å². The largest absolute Gasteiger partial charge is 0.495 e. The van der Waals surface area contributed by atoms with Gasteiger partial charge in [-0.2, -0.15) is 0 Å². The van der Waals surface area contributed by atoms with Gasteiger partial charge in [-0.05, 0) is 29.8 Å². The SMILES string of the molecule is COc1ccc(-c2cc3nccc(-c4ccccc4)c3o2)cc1N. The molecule has 2 heterocycles. The van der Waals surface area contributed by atoms with Crippen molar-refractivity contribution in [3.8, 4) is 28.2 Å². The van der Waals surface area contributed by atoms with E-state index in [0.29, 0.717) is 11.4 Å². The molecule has 0 aliphatic heterocycles. The maximum Gasteiger partial charge on any atom is 0.161 e. The zero-order valence-electron chi connectivity index (χ0n) is 13.2. The van der Waals surface area contributed by atoms with Gasteiger partial charge < -0.3 is 14.9 Å². The number of furan rings is 1. The van der Waals surface area contributed by atoms with Crippen molar-refractivity contribution < 1.29 is 9.15 Å². The molecule has 0 radical (unpaired) electrons. The Kier molecular flexibility index (Phi) is 3.43. The fraction of sp³-hybridized carbons (Fsp3) is 0.0500. The van der Waals surface area contributed by atoms with Crippen LogP contribution >= 0.6 is 0 Å². The Morgan fingerprint density at radius 2 is 1.79 bits per heavy atom. The fourth-order valence-corrected chi connectivity index (χ4v) is 2.81. The first kappa shape index (κ1) is 14.3. The summed E-state index contributed by atoms with van der Waals surface area (Å²) in [5, 5.41) is 0. The first-order chi connectivity index (χ1) is 11.8. The van der Waals surface area contributed by atoms with Gasteiger partial charge >= 0.3 is 0 Å². The van der Waals surface area contributed by atoms with Crippen LogP contribution in [0.15, 0.2) is 71.3 Å². The lowest BCUT2D eigenvalue weighted by atomic mass is 10.1. The van der Waals surface area contributed by atoms with E-state index in [1.54, 1.807) is 13.3 Å². The highest BCUT2D eigenvalue weighted by atomic mass is 16.5. The van der Waals surface area contributed by atoms with E-state index in [0.717, 1.165) is 33.6 Å². The van der Waals surface area contributed by atoms with Crippen LogP contribution in [0.2, 0.25) is 0 Å². The van der Waals surface area contributed by atoms with Crippen LogP contribution in [0.4, 0.5) is 5.69 Å². The molecule has 2 aromatic carbocycles. The number of hydrogen-bond donors (Lipinski definition) is 1. The summed E-state index contributed by atoms with van der Waals surface area (Å²) in [4.78, 5) is 4.42. The molecule has 0 aliphatic carbocycles. The monoisotopic (exact) mass is 316 g/mol. The van der Waals surface area contributed by atoms with Gasteiger partial charge in [0.05, 0.1) is 12.8 Å². The number of hydrogen-bond acceptors (Lipinski definition) is 4. The summed E-state index contributed by atoms with van der Waals surface area (Å²) in [5.74, 6) is 1.38. The minimum absolute atomic E-state index is 0.576. The molecule has 118 valence electrons. The molecule has 2 N–H and O–H groups in total. The third-order valence-electron chi connectivity index (χ3n) is 4.01. The molecule has 0 fully saturated rings. The van der Waals surface area contributed by atoms with Gasteiger partial charge in [0.2, 0.25) is 0 Å². The number of benzene rings is 2. The molecule has 4 nitrogen and oxygen atoms in total. The minimum Gasteiger partial charge on any atom is -0.495 e. The number of methoxy groups -OCH3 is 1. The van der Waals surface area contributed by atoms with Crippen molar-refractivity contribution in [3.63, 3.8) is 0 Å². The second-order valence-electron chi connectivity index (χ2n) is 5.51. The molecule has 0 spiro atoms. The third kappa shape index (κ3) is 2.38. The van der Waals surface area contributed by atoms with Gasteiger partial charge in [-0.25, -0.2) is 0 Å². The number of ether oxygens (including phenoxy) is 1.